The van der Waals surface area contributed by atoms with Gasteiger partial charge in [0.1, 0.15) is 14.0 Å². The largest absolute Gasteiger partial charge is 0.394 e. The molecule has 0 bridgehead atoms. The predicted molar refractivity (Wildman–Crippen MR) is 47.2 cm³/mol. The molecular weight excluding hydrogens is 173 g/mol. The molecule has 0 aromatic heterocycles. The zero-order valence-corrected chi connectivity index (χ0v) is 7.37. The van der Waals surface area contributed by atoms with Gasteiger partial charge in [0.25, 0.3) is 0 Å². The van der Waals surface area contributed by atoms with Crippen molar-refractivity contribution in [3.05, 3.63) is 10.4 Å². The quantitative estimate of drug-likeness (QED) is 0.253. The SMILES string of the molecule is [B][C@@H](CN=[N+]=[N-])O[C@H](CO)[C@H](C)O. The van der Waals surface area contributed by atoms with Gasteiger partial charge in [-0.15, -0.1) is 0 Å². The molecule has 0 amide bonds. The third-order valence-electron chi connectivity index (χ3n) is 1.39. The summed E-state index contributed by atoms with van der Waals surface area (Å²) in [6.45, 7) is 1.11. The fraction of sp³-hybridized carbons (Fsp3) is 1.00. The molecule has 0 fully saturated rings. The van der Waals surface area contributed by atoms with Gasteiger partial charge in [-0.2, -0.15) is 0 Å². The van der Waals surface area contributed by atoms with Gasteiger partial charge in [0.05, 0.1) is 12.7 Å². The van der Waals surface area contributed by atoms with Crippen molar-refractivity contribution < 1.29 is 14.9 Å². The van der Waals surface area contributed by atoms with Crippen molar-refractivity contribution in [1.82, 2.24) is 0 Å². The van der Waals surface area contributed by atoms with E-state index in [1.165, 1.54) is 6.92 Å². The number of azide groups is 1. The van der Waals surface area contributed by atoms with Crippen LogP contribution < -0.4 is 0 Å². The highest BCUT2D eigenvalue weighted by Gasteiger charge is 2.16. The van der Waals surface area contributed by atoms with Gasteiger partial charge in [-0.05, 0) is 12.5 Å². The van der Waals surface area contributed by atoms with Crippen LogP contribution in [0.3, 0.4) is 0 Å². The Morgan fingerprint density at radius 3 is 2.69 bits per heavy atom. The van der Waals surface area contributed by atoms with Crippen LogP contribution >= 0.6 is 0 Å². The van der Waals surface area contributed by atoms with E-state index in [4.69, 9.17) is 28.3 Å². The monoisotopic (exact) mass is 185 g/mol. The summed E-state index contributed by atoms with van der Waals surface area (Å²) in [4.78, 5) is 2.49. The summed E-state index contributed by atoms with van der Waals surface area (Å²) in [5.41, 5.74) is 7.96. The standard InChI is InChI=1S/C6H12BN3O3/c1-4(12)5(3-11)13-6(7)2-9-10-8/h4-6,11-12H,2-3H2,1H3/t4-,5+,6+/m0/s1. The van der Waals surface area contributed by atoms with Crippen LogP contribution in [0.2, 0.25) is 0 Å². The minimum atomic E-state index is -0.817. The van der Waals surface area contributed by atoms with Crippen molar-refractivity contribution in [1.29, 1.82) is 0 Å². The Balaban J connectivity index is 3.85. The molecule has 6 nitrogen and oxygen atoms in total. The molecule has 0 heterocycles. The van der Waals surface area contributed by atoms with E-state index in [0.717, 1.165) is 0 Å². The lowest BCUT2D eigenvalue weighted by molar-refractivity contribution is -0.0659. The van der Waals surface area contributed by atoms with E-state index >= 15 is 0 Å². The Morgan fingerprint density at radius 2 is 2.31 bits per heavy atom. The summed E-state index contributed by atoms with van der Waals surface area (Å²) in [6, 6.07) is -0.803. The molecule has 0 aromatic rings. The van der Waals surface area contributed by atoms with Crippen LogP contribution in [0.5, 0.6) is 0 Å². The van der Waals surface area contributed by atoms with Gasteiger partial charge >= 0.3 is 0 Å². The molecule has 0 aliphatic heterocycles. The van der Waals surface area contributed by atoms with Gasteiger partial charge in [-0.1, -0.05) is 5.11 Å². The lowest BCUT2D eigenvalue weighted by Gasteiger charge is -2.22. The Morgan fingerprint density at radius 1 is 1.69 bits per heavy atom. The third kappa shape index (κ3) is 5.49. The normalized spacial score (nSPS) is 17.2. The number of nitrogens with zero attached hydrogens (tertiary/aromatic N) is 3. The highest BCUT2D eigenvalue weighted by atomic mass is 16.5. The van der Waals surface area contributed by atoms with Crippen molar-refractivity contribution >= 4 is 7.85 Å². The molecule has 3 atom stereocenters. The molecule has 2 N–H and O–H groups in total. The molecule has 2 radical (unpaired) electrons. The molecule has 0 aliphatic rings. The Hall–Kier alpha value is -0.745. The average molecular weight is 185 g/mol. The number of hydrogen-bond acceptors (Lipinski definition) is 4. The smallest absolute Gasteiger partial charge is 0.109 e. The predicted octanol–water partition coefficient (Wildman–Crippen LogP) is -0.450. The van der Waals surface area contributed by atoms with Crippen molar-refractivity contribution in [3.8, 4) is 0 Å². The van der Waals surface area contributed by atoms with Crippen molar-refractivity contribution in [3.63, 3.8) is 0 Å². The summed E-state index contributed by atoms with van der Waals surface area (Å²) in [5, 5.41) is 21.0. The maximum atomic E-state index is 9.04. The Kier molecular flexibility index (Phi) is 6.35. The maximum Gasteiger partial charge on any atom is 0.109 e. The van der Waals surface area contributed by atoms with Gasteiger partial charge in [-0.25, -0.2) is 0 Å². The van der Waals surface area contributed by atoms with E-state index in [2.05, 4.69) is 10.0 Å². The van der Waals surface area contributed by atoms with Crippen LogP contribution in [0.4, 0.5) is 0 Å². The van der Waals surface area contributed by atoms with E-state index in [1.807, 2.05) is 0 Å². The third-order valence-corrected chi connectivity index (χ3v) is 1.39. The second-order valence-corrected chi connectivity index (χ2v) is 2.55. The number of aliphatic hydroxyl groups is 2. The minimum Gasteiger partial charge on any atom is -0.394 e. The van der Waals surface area contributed by atoms with Crippen LogP contribution in [0.1, 0.15) is 6.92 Å². The topological polar surface area (TPSA) is 98.5 Å². The Labute approximate surface area is 77.6 Å². The number of aliphatic hydroxyl groups excluding tert-OH is 2. The zero-order chi connectivity index (χ0) is 10.3. The molecule has 13 heavy (non-hydrogen) atoms. The average Bonchev–Trinajstić information content (AvgIpc) is 2.10. The second kappa shape index (κ2) is 6.74. The number of rotatable bonds is 6. The summed E-state index contributed by atoms with van der Waals surface area (Å²) in [5.74, 6) is 0. The van der Waals surface area contributed by atoms with Gasteiger partial charge in [0, 0.05) is 17.5 Å². The summed E-state index contributed by atoms with van der Waals surface area (Å²) in [7, 11) is 5.36. The summed E-state index contributed by atoms with van der Waals surface area (Å²) < 4.78 is 4.98. The molecule has 0 saturated carbocycles. The first kappa shape index (κ1) is 12.3. The highest BCUT2D eigenvalue weighted by Crippen LogP contribution is 2.01. The number of hydrogen-bond donors (Lipinski definition) is 2. The lowest BCUT2D eigenvalue weighted by Crippen LogP contribution is -2.35. The first-order valence-corrected chi connectivity index (χ1v) is 3.82. The zero-order valence-electron chi connectivity index (χ0n) is 7.37. The molecule has 7 heteroatoms. The molecule has 0 spiro atoms. The van der Waals surface area contributed by atoms with Crippen LogP contribution in [0.15, 0.2) is 5.11 Å². The van der Waals surface area contributed by atoms with Crippen LogP contribution in [-0.2, 0) is 4.74 Å². The molecule has 0 saturated heterocycles. The molecule has 0 rings (SSSR count). The Bertz CT molecular complexity index is 184. The van der Waals surface area contributed by atoms with E-state index in [1.54, 1.807) is 0 Å². The van der Waals surface area contributed by atoms with E-state index in [-0.39, 0.29) is 13.2 Å². The fourth-order valence-corrected chi connectivity index (χ4v) is 0.694. The molecular formula is C6H12BN3O3. The van der Waals surface area contributed by atoms with Gasteiger partial charge < -0.3 is 14.9 Å². The second-order valence-electron chi connectivity index (χ2n) is 2.55. The molecule has 0 aliphatic carbocycles. The summed E-state index contributed by atoms with van der Waals surface area (Å²) in [6.07, 6.45) is -1.56. The highest BCUT2D eigenvalue weighted by molar-refractivity contribution is 6.11. The van der Waals surface area contributed by atoms with Crippen LogP contribution in [-0.4, -0.2) is 49.4 Å². The summed E-state index contributed by atoms with van der Waals surface area (Å²) >= 11 is 0. The van der Waals surface area contributed by atoms with Crippen LogP contribution in [0.25, 0.3) is 10.4 Å². The van der Waals surface area contributed by atoms with Crippen molar-refractivity contribution in [2.24, 2.45) is 5.11 Å². The molecule has 72 valence electrons. The van der Waals surface area contributed by atoms with Gasteiger partial charge in [-0.3, -0.25) is 0 Å². The maximum absolute atomic E-state index is 9.04. The fourth-order valence-electron chi connectivity index (χ4n) is 0.694. The van der Waals surface area contributed by atoms with E-state index in [0.29, 0.717) is 0 Å². The number of ether oxygens (including phenoxy) is 1. The van der Waals surface area contributed by atoms with E-state index < -0.39 is 18.2 Å². The molecule has 0 aromatic carbocycles. The van der Waals surface area contributed by atoms with E-state index in [9.17, 15) is 0 Å². The minimum absolute atomic E-state index is 0.0281. The first-order valence-electron chi connectivity index (χ1n) is 3.82. The van der Waals surface area contributed by atoms with Gasteiger partial charge in [0.2, 0.25) is 0 Å². The van der Waals surface area contributed by atoms with Gasteiger partial charge in [0.15, 0.2) is 0 Å². The van der Waals surface area contributed by atoms with Crippen molar-refractivity contribution in [2.75, 3.05) is 13.2 Å². The van der Waals surface area contributed by atoms with Crippen molar-refractivity contribution in [2.45, 2.75) is 25.1 Å². The first-order chi connectivity index (χ1) is 6.11. The lowest BCUT2D eigenvalue weighted by atomic mass is 10.00. The molecule has 0 unspecified atom stereocenters. The van der Waals surface area contributed by atoms with Crippen LogP contribution in [0, 0.1) is 0 Å².